The molecule has 4 saturated carbocycles. The molecule has 12 unspecified atom stereocenters. The van der Waals surface area contributed by atoms with E-state index in [1.807, 2.05) is 0 Å². The molecule has 196 valence electrons. The summed E-state index contributed by atoms with van der Waals surface area (Å²) in [5.41, 5.74) is 0.997. The first-order chi connectivity index (χ1) is 16.1. The van der Waals surface area contributed by atoms with E-state index in [-0.39, 0.29) is 12.0 Å². The Labute approximate surface area is 211 Å². The topological polar surface area (TPSA) is 40.5 Å². The molecule has 4 aliphatic rings. The molecule has 2 N–H and O–H groups in total. The number of hydrogen-bond donors (Lipinski definition) is 2. The fraction of sp³-hybridized carbons (Fsp3) is 0.938. The highest BCUT2D eigenvalue weighted by molar-refractivity contribution is 5.11. The second-order valence-electron chi connectivity index (χ2n) is 14.1. The van der Waals surface area contributed by atoms with Crippen molar-refractivity contribution in [3.05, 3.63) is 12.2 Å². The molecular weight excluding hydrogens is 416 g/mol. The number of rotatable bonds is 6. The molecule has 34 heavy (non-hydrogen) atoms. The zero-order valence-electron chi connectivity index (χ0n) is 23.3. The standard InChI is InChI=1S/C32H56O2/c1-18(2)30-23(7)28(17-26-15-25(16-29(26)30)24-11-9-8-10-12-24)31(33)21(5)14-27-20(4)13-19(3)22(6)32(27)34/h18-20,22-34H,5,8-17H2,1-4,6-7H3. The van der Waals surface area contributed by atoms with E-state index < -0.39 is 6.10 Å². The van der Waals surface area contributed by atoms with E-state index in [2.05, 4.69) is 48.1 Å². The van der Waals surface area contributed by atoms with Crippen LogP contribution >= 0.6 is 0 Å². The molecule has 0 amide bonds. The third-order valence-electron chi connectivity index (χ3n) is 11.9. The van der Waals surface area contributed by atoms with Gasteiger partial charge in [0.15, 0.2) is 0 Å². The summed E-state index contributed by atoms with van der Waals surface area (Å²) in [4.78, 5) is 0. The quantitative estimate of drug-likeness (QED) is 0.388. The van der Waals surface area contributed by atoms with E-state index in [9.17, 15) is 10.2 Å². The minimum absolute atomic E-state index is 0.239. The first-order valence-corrected chi connectivity index (χ1v) is 15.1. The first-order valence-electron chi connectivity index (χ1n) is 15.1. The number of fused-ring (bicyclic) bond motifs is 1. The van der Waals surface area contributed by atoms with Crippen molar-refractivity contribution in [2.24, 2.45) is 71.0 Å². The zero-order chi connectivity index (χ0) is 24.7. The Hall–Kier alpha value is -0.340. The number of aliphatic hydroxyl groups excluding tert-OH is 2. The van der Waals surface area contributed by atoms with E-state index in [1.54, 1.807) is 0 Å². The molecule has 4 aliphatic carbocycles. The van der Waals surface area contributed by atoms with Crippen LogP contribution in [0.5, 0.6) is 0 Å². The van der Waals surface area contributed by atoms with Crippen LogP contribution < -0.4 is 0 Å². The van der Waals surface area contributed by atoms with Crippen LogP contribution in [0.25, 0.3) is 0 Å². The lowest BCUT2D eigenvalue weighted by Crippen LogP contribution is -2.45. The Morgan fingerprint density at radius 1 is 0.824 bits per heavy atom. The van der Waals surface area contributed by atoms with Gasteiger partial charge in [0.2, 0.25) is 0 Å². The second-order valence-corrected chi connectivity index (χ2v) is 14.1. The molecule has 12 atom stereocenters. The molecule has 4 rings (SSSR count). The lowest BCUT2D eigenvalue weighted by Gasteiger charge is -2.48. The maximum Gasteiger partial charge on any atom is 0.0778 e. The predicted molar refractivity (Wildman–Crippen MR) is 143 cm³/mol. The van der Waals surface area contributed by atoms with Crippen LogP contribution in [0.4, 0.5) is 0 Å². The van der Waals surface area contributed by atoms with Crippen LogP contribution in [0.2, 0.25) is 0 Å². The van der Waals surface area contributed by atoms with Gasteiger partial charge in [0.1, 0.15) is 0 Å². The average molecular weight is 473 g/mol. The van der Waals surface area contributed by atoms with Gasteiger partial charge in [-0.1, -0.05) is 80.2 Å². The van der Waals surface area contributed by atoms with Gasteiger partial charge in [-0.15, -0.1) is 0 Å². The van der Waals surface area contributed by atoms with Crippen LogP contribution in [0.3, 0.4) is 0 Å². The summed E-state index contributed by atoms with van der Waals surface area (Å²) in [7, 11) is 0. The summed E-state index contributed by atoms with van der Waals surface area (Å²) >= 11 is 0. The molecule has 2 nitrogen and oxygen atoms in total. The summed E-state index contributed by atoms with van der Waals surface area (Å²) in [6.07, 6.45) is 12.6. The highest BCUT2D eigenvalue weighted by Crippen LogP contribution is 2.57. The summed E-state index contributed by atoms with van der Waals surface area (Å²) in [5, 5.41) is 22.7. The molecule has 0 heterocycles. The first kappa shape index (κ1) is 26.7. The van der Waals surface area contributed by atoms with Crippen molar-refractivity contribution in [2.45, 2.75) is 118 Å². The van der Waals surface area contributed by atoms with Crippen molar-refractivity contribution >= 4 is 0 Å². The van der Waals surface area contributed by atoms with E-state index in [1.165, 1.54) is 57.8 Å². The lowest BCUT2D eigenvalue weighted by atomic mass is 9.58. The summed E-state index contributed by atoms with van der Waals surface area (Å²) in [6, 6.07) is 0. The lowest BCUT2D eigenvalue weighted by molar-refractivity contribution is -0.0400. The van der Waals surface area contributed by atoms with Crippen molar-refractivity contribution in [3.8, 4) is 0 Å². The Morgan fingerprint density at radius 2 is 1.50 bits per heavy atom. The molecule has 2 heteroatoms. The van der Waals surface area contributed by atoms with Crippen molar-refractivity contribution in [1.29, 1.82) is 0 Å². The second kappa shape index (κ2) is 11.0. The maximum atomic E-state index is 11.7. The number of aliphatic hydroxyl groups is 2. The van der Waals surface area contributed by atoms with Gasteiger partial charge >= 0.3 is 0 Å². The van der Waals surface area contributed by atoms with Crippen LogP contribution in [0.1, 0.15) is 106 Å². The maximum absolute atomic E-state index is 11.7. The molecule has 0 bridgehead atoms. The summed E-state index contributed by atoms with van der Waals surface area (Å²) < 4.78 is 0. The van der Waals surface area contributed by atoms with Crippen molar-refractivity contribution in [3.63, 3.8) is 0 Å². The largest absolute Gasteiger partial charge is 0.393 e. The monoisotopic (exact) mass is 472 g/mol. The Kier molecular flexibility index (Phi) is 8.61. The molecule has 0 aliphatic heterocycles. The van der Waals surface area contributed by atoms with Crippen LogP contribution in [-0.2, 0) is 0 Å². The van der Waals surface area contributed by atoms with Gasteiger partial charge in [0.25, 0.3) is 0 Å². The highest BCUT2D eigenvalue weighted by Gasteiger charge is 2.51. The fourth-order valence-electron chi connectivity index (χ4n) is 9.78. The van der Waals surface area contributed by atoms with E-state index in [0.29, 0.717) is 35.5 Å². The molecule has 0 saturated heterocycles. The van der Waals surface area contributed by atoms with Crippen LogP contribution in [0.15, 0.2) is 12.2 Å². The van der Waals surface area contributed by atoms with E-state index in [0.717, 1.165) is 41.6 Å². The van der Waals surface area contributed by atoms with Gasteiger partial charge in [-0.3, -0.25) is 0 Å². The average Bonchev–Trinajstić information content (AvgIpc) is 3.23. The Bertz CT molecular complexity index is 678. The van der Waals surface area contributed by atoms with Gasteiger partial charge in [0, 0.05) is 0 Å². The van der Waals surface area contributed by atoms with Crippen LogP contribution in [-0.4, -0.2) is 22.4 Å². The minimum Gasteiger partial charge on any atom is -0.393 e. The summed E-state index contributed by atoms with van der Waals surface area (Å²) in [5.74, 6) is 7.48. The van der Waals surface area contributed by atoms with Crippen molar-refractivity contribution in [1.82, 2.24) is 0 Å². The van der Waals surface area contributed by atoms with Gasteiger partial charge < -0.3 is 10.2 Å². The molecule has 0 spiro atoms. The SMILES string of the molecule is C=C(CC1C(C)CC(C)C(C)C1O)C(O)C1CC2CC(C3CCCCC3)CC2C(C(C)C)C1C. The van der Waals surface area contributed by atoms with Gasteiger partial charge in [-0.2, -0.15) is 0 Å². The molecule has 0 aromatic heterocycles. The Balaban J connectivity index is 1.45. The smallest absolute Gasteiger partial charge is 0.0778 e. The van der Waals surface area contributed by atoms with Crippen molar-refractivity contribution < 1.29 is 10.2 Å². The predicted octanol–water partition coefficient (Wildman–Crippen LogP) is 7.73. The third kappa shape index (κ3) is 5.20. The zero-order valence-corrected chi connectivity index (χ0v) is 23.3. The highest BCUT2D eigenvalue weighted by atomic mass is 16.3. The molecular formula is C32H56O2. The minimum atomic E-state index is -0.417. The molecule has 4 fully saturated rings. The third-order valence-corrected chi connectivity index (χ3v) is 11.9. The molecule has 0 radical (unpaired) electrons. The molecule has 0 aromatic rings. The van der Waals surface area contributed by atoms with E-state index >= 15 is 0 Å². The number of hydrogen-bond acceptors (Lipinski definition) is 2. The van der Waals surface area contributed by atoms with Gasteiger partial charge in [-0.05, 0) is 109 Å². The van der Waals surface area contributed by atoms with Crippen molar-refractivity contribution in [2.75, 3.05) is 0 Å². The Morgan fingerprint density at radius 3 is 2.15 bits per heavy atom. The van der Waals surface area contributed by atoms with Gasteiger partial charge in [0.05, 0.1) is 12.2 Å². The van der Waals surface area contributed by atoms with Gasteiger partial charge in [-0.25, -0.2) is 0 Å². The normalized spacial score (nSPS) is 46.9. The fourth-order valence-corrected chi connectivity index (χ4v) is 9.78. The molecule has 0 aromatic carbocycles. The van der Waals surface area contributed by atoms with Crippen LogP contribution in [0, 0.1) is 71.0 Å². The van der Waals surface area contributed by atoms with E-state index in [4.69, 9.17) is 0 Å². The summed E-state index contributed by atoms with van der Waals surface area (Å²) in [6.45, 7) is 18.5.